The van der Waals surface area contributed by atoms with Crippen LogP contribution in [0.2, 0.25) is 0 Å². The van der Waals surface area contributed by atoms with Gasteiger partial charge in [-0.2, -0.15) is 0 Å². The SMILES string of the molecule is CC(C)(C)OC(=O)NCCN1C(=O)CSC1c1ccc(Br)s1. The molecule has 5 nitrogen and oxygen atoms in total. The number of hydrogen-bond acceptors (Lipinski definition) is 5. The number of nitrogens with one attached hydrogen (secondary N) is 1. The van der Waals surface area contributed by atoms with Gasteiger partial charge in [-0.25, -0.2) is 4.79 Å². The predicted molar refractivity (Wildman–Crippen MR) is 93.2 cm³/mol. The molecule has 2 heterocycles. The topological polar surface area (TPSA) is 58.6 Å². The lowest BCUT2D eigenvalue weighted by Gasteiger charge is -2.24. The van der Waals surface area contributed by atoms with Crippen molar-refractivity contribution in [3.05, 3.63) is 20.8 Å². The monoisotopic (exact) mass is 406 g/mol. The van der Waals surface area contributed by atoms with Crippen molar-refractivity contribution in [2.75, 3.05) is 18.8 Å². The molecule has 1 aromatic rings. The van der Waals surface area contributed by atoms with E-state index in [2.05, 4.69) is 21.2 Å². The number of carbonyl (C=O) groups excluding carboxylic acids is 2. The fraction of sp³-hybridized carbons (Fsp3) is 0.571. The number of ether oxygens (including phenoxy) is 1. The summed E-state index contributed by atoms with van der Waals surface area (Å²) >= 11 is 6.69. The van der Waals surface area contributed by atoms with Gasteiger partial charge in [-0.1, -0.05) is 0 Å². The molecule has 0 aliphatic carbocycles. The summed E-state index contributed by atoms with van der Waals surface area (Å²) in [5.41, 5.74) is -0.519. The Balaban J connectivity index is 1.87. The second-order valence-corrected chi connectivity index (χ2v) is 9.38. The molecule has 2 amide bonds. The van der Waals surface area contributed by atoms with Crippen molar-refractivity contribution >= 4 is 51.0 Å². The highest BCUT2D eigenvalue weighted by atomic mass is 79.9. The van der Waals surface area contributed by atoms with Crippen LogP contribution in [0.15, 0.2) is 15.9 Å². The van der Waals surface area contributed by atoms with Gasteiger partial charge in [0.15, 0.2) is 0 Å². The molecule has 2 rings (SSSR count). The number of amides is 2. The van der Waals surface area contributed by atoms with Crippen LogP contribution < -0.4 is 5.32 Å². The Bertz CT molecular complexity index is 557. The molecule has 1 saturated heterocycles. The Morgan fingerprint density at radius 1 is 1.50 bits per heavy atom. The van der Waals surface area contributed by atoms with Gasteiger partial charge in [0.1, 0.15) is 11.0 Å². The maximum atomic E-state index is 12.0. The van der Waals surface area contributed by atoms with Crippen LogP contribution in [0.25, 0.3) is 0 Å². The molecule has 1 aromatic heterocycles. The zero-order chi connectivity index (χ0) is 16.3. The lowest BCUT2D eigenvalue weighted by molar-refractivity contribution is -0.127. The minimum atomic E-state index is -0.519. The lowest BCUT2D eigenvalue weighted by Crippen LogP contribution is -2.39. The van der Waals surface area contributed by atoms with Crippen LogP contribution in [-0.2, 0) is 9.53 Å². The van der Waals surface area contributed by atoms with E-state index in [0.29, 0.717) is 18.8 Å². The van der Waals surface area contributed by atoms with Crippen LogP contribution in [0.3, 0.4) is 0 Å². The normalized spacial score (nSPS) is 18.6. The summed E-state index contributed by atoms with van der Waals surface area (Å²) in [6, 6.07) is 4.01. The summed E-state index contributed by atoms with van der Waals surface area (Å²) in [5, 5.41) is 2.73. The number of halogens is 1. The first-order chi connectivity index (χ1) is 10.3. The van der Waals surface area contributed by atoms with Crippen molar-refractivity contribution < 1.29 is 14.3 Å². The number of thioether (sulfide) groups is 1. The Hall–Kier alpha value is -0.730. The second-order valence-electron chi connectivity index (χ2n) is 5.82. The van der Waals surface area contributed by atoms with Gasteiger partial charge in [-0.3, -0.25) is 4.79 Å². The quantitative estimate of drug-likeness (QED) is 0.829. The average molecular weight is 407 g/mol. The molecule has 1 fully saturated rings. The van der Waals surface area contributed by atoms with Gasteiger partial charge in [-0.15, -0.1) is 23.1 Å². The van der Waals surface area contributed by atoms with E-state index >= 15 is 0 Å². The minimum Gasteiger partial charge on any atom is -0.444 e. The summed E-state index contributed by atoms with van der Waals surface area (Å²) in [4.78, 5) is 26.6. The highest BCUT2D eigenvalue weighted by Crippen LogP contribution is 2.42. The van der Waals surface area contributed by atoms with Gasteiger partial charge < -0.3 is 15.0 Å². The Morgan fingerprint density at radius 3 is 2.82 bits per heavy atom. The average Bonchev–Trinajstić information content (AvgIpc) is 2.94. The Kier molecular flexibility index (Phi) is 5.79. The van der Waals surface area contributed by atoms with Crippen molar-refractivity contribution in [3.63, 3.8) is 0 Å². The van der Waals surface area contributed by atoms with Crippen molar-refractivity contribution in [2.45, 2.75) is 31.7 Å². The third-order valence-corrected chi connectivity index (χ3v) is 5.89. The van der Waals surface area contributed by atoms with E-state index in [1.54, 1.807) is 28.0 Å². The summed E-state index contributed by atoms with van der Waals surface area (Å²) in [6.07, 6.45) is -0.456. The molecular weight excluding hydrogens is 388 g/mol. The van der Waals surface area contributed by atoms with Gasteiger partial charge >= 0.3 is 6.09 Å². The zero-order valence-corrected chi connectivity index (χ0v) is 15.9. The van der Waals surface area contributed by atoms with Crippen LogP contribution >= 0.6 is 39.0 Å². The molecule has 1 aliphatic heterocycles. The third kappa shape index (κ3) is 4.89. The van der Waals surface area contributed by atoms with E-state index in [1.165, 1.54) is 0 Å². The van der Waals surface area contributed by atoms with Crippen molar-refractivity contribution in [2.24, 2.45) is 0 Å². The summed E-state index contributed by atoms with van der Waals surface area (Å²) in [6.45, 7) is 6.31. The summed E-state index contributed by atoms with van der Waals surface area (Å²) < 4.78 is 6.23. The van der Waals surface area contributed by atoms with Gasteiger partial charge in [0.25, 0.3) is 0 Å². The van der Waals surface area contributed by atoms with Gasteiger partial charge in [0.05, 0.1) is 9.54 Å². The lowest BCUT2D eigenvalue weighted by atomic mass is 10.2. The highest BCUT2D eigenvalue weighted by Gasteiger charge is 2.33. The first kappa shape index (κ1) is 17.6. The summed E-state index contributed by atoms with van der Waals surface area (Å²) in [7, 11) is 0. The largest absolute Gasteiger partial charge is 0.444 e. The molecule has 1 unspecified atom stereocenters. The summed E-state index contributed by atoms with van der Waals surface area (Å²) in [5.74, 6) is 0.581. The Labute approximate surface area is 146 Å². The Morgan fingerprint density at radius 2 is 2.23 bits per heavy atom. The fourth-order valence-corrected chi connectivity index (χ4v) is 4.86. The molecule has 1 N–H and O–H groups in total. The van der Waals surface area contributed by atoms with Gasteiger partial charge in [-0.05, 0) is 48.8 Å². The molecule has 1 aliphatic rings. The predicted octanol–water partition coefficient (Wildman–Crippen LogP) is 3.61. The molecule has 0 aromatic carbocycles. The van der Waals surface area contributed by atoms with Crippen molar-refractivity contribution in [1.82, 2.24) is 10.2 Å². The molecule has 8 heteroatoms. The number of thiophene rings is 1. The van der Waals surface area contributed by atoms with E-state index in [1.807, 2.05) is 32.9 Å². The molecule has 0 bridgehead atoms. The molecule has 122 valence electrons. The van der Waals surface area contributed by atoms with E-state index in [4.69, 9.17) is 4.74 Å². The smallest absolute Gasteiger partial charge is 0.407 e. The molecule has 0 saturated carbocycles. The minimum absolute atomic E-state index is 0.0317. The molecule has 0 radical (unpaired) electrons. The number of hydrogen-bond donors (Lipinski definition) is 1. The maximum absolute atomic E-state index is 12.0. The second kappa shape index (κ2) is 7.23. The van der Waals surface area contributed by atoms with Crippen LogP contribution in [-0.4, -0.2) is 41.3 Å². The van der Waals surface area contributed by atoms with Gasteiger partial charge in [0.2, 0.25) is 5.91 Å². The van der Waals surface area contributed by atoms with E-state index < -0.39 is 11.7 Å². The van der Waals surface area contributed by atoms with Crippen LogP contribution in [0.1, 0.15) is 31.0 Å². The van der Waals surface area contributed by atoms with Gasteiger partial charge in [0, 0.05) is 18.0 Å². The van der Waals surface area contributed by atoms with E-state index in [0.717, 1.165) is 8.66 Å². The van der Waals surface area contributed by atoms with E-state index in [-0.39, 0.29) is 11.3 Å². The van der Waals surface area contributed by atoms with Crippen molar-refractivity contribution in [3.8, 4) is 0 Å². The third-order valence-electron chi connectivity index (χ3n) is 2.83. The van der Waals surface area contributed by atoms with E-state index in [9.17, 15) is 9.59 Å². The molecular formula is C14H19BrN2O3S2. The molecule has 1 atom stereocenters. The first-order valence-corrected chi connectivity index (χ1v) is 9.55. The zero-order valence-electron chi connectivity index (χ0n) is 12.7. The fourth-order valence-electron chi connectivity index (χ4n) is 1.99. The van der Waals surface area contributed by atoms with Crippen LogP contribution in [0.5, 0.6) is 0 Å². The van der Waals surface area contributed by atoms with Crippen LogP contribution in [0.4, 0.5) is 4.79 Å². The number of carbonyl (C=O) groups is 2. The first-order valence-electron chi connectivity index (χ1n) is 6.89. The number of rotatable bonds is 4. The van der Waals surface area contributed by atoms with Crippen molar-refractivity contribution in [1.29, 1.82) is 0 Å². The van der Waals surface area contributed by atoms with Crippen LogP contribution in [0, 0.1) is 0 Å². The maximum Gasteiger partial charge on any atom is 0.407 e. The highest BCUT2D eigenvalue weighted by molar-refractivity contribution is 9.11. The number of alkyl carbamates (subject to hydrolysis) is 1. The standard InChI is InChI=1S/C14H19BrN2O3S2/c1-14(2,3)20-13(19)16-6-7-17-11(18)8-21-12(17)9-4-5-10(15)22-9/h4-5,12H,6-8H2,1-3H3,(H,16,19). The molecule has 22 heavy (non-hydrogen) atoms. The number of nitrogens with zero attached hydrogens (tertiary/aromatic N) is 1. The molecule has 0 spiro atoms.